The number of aromatic nitrogens is 3. The van der Waals surface area contributed by atoms with Gasteiger partial charge in [-0.1, -0.05) is 12.1 Å². The number of halogens is 1. The van der Waals surface area contributed by atoms with Gasteiger partial charge in [0.15, 0.2) is 0 Å². The van der Waals surface area contributed by atoms with E-state index in [9.17, 15) is 14.0 Å². The van der Waals surface area contributed by atoms with Crippen molar-refractivity contribution in [1.29, 1.82) is 0 Å². The van der Waals surface area contributed by atoms with Crippen LogP contribution in [0.15, 0.2) is 35.3 Å². The molecule has 1 amide bonds. The fourth-order valence-corrected chi connectivity index (χ4v) is 8.05. The Morgan fingerprint density at radius 3 is 2.31 bits per heavy atom. The van der Waals surface area contributed by atoms with Crippen LogP contribution in [0.25, 0.3) is 10.8 Å². The van der Waals surface area contributed by atoms with Gasteiger partial charge in [0.2, 0.25) is 5.91 Å². The Morgan fingerprint density at radius 1 is 1.08 bits per heavy atom. The van der Waals surface area contributed by atoms with Crippen LogP contribution in [0.2, 0.25) is 0 Å². The van der Waals surface area contributed by atoms with Crippen LogP contribution in [0.4, 0.5) is 4.39 Å². The van der Waals surface area contributed by atoms with Crippen molar-refractivity contribution in [3.63, 3.8) is 0 Å². The average molecular weight is 491 g/mol. The summed E-state index contributed by atoms with van der Waals surface area (Å²) in [6.07, 6.45) is 9.49. The molecular formula is C29H35FN4O2. The smallest absolute Gasteiger partial charge is 0.276 e. The topological polar surface area (TPSA) is 68.9 Å². The van der Waals surface area contributed by atoms with E-state index in [1.807, 2.05) is 13.8 Å². The lowest BCUT2D eigenvalue weighted by molar-refractivity contribution is -0.126. The standard InChI is InChI=1S/C29H35FN4O2/c1-17-25-14-31-34(28(36)27(25)18(2)33(17)15-20-4-6-24(30)7-5-20)16-26(35)32-19(3)29-11-21-8-22(12-29)10-23(9-21)13-29/h4-7,14,19,21-23H,8-13,15-16H2,1-3H3,(H,32,35)/t19-,21?,22?,23?,29?/m1/s1. The second kappa shape index (κ2) is 8.56. The first-order chi connectivity index (χ1) is 17.2. The number of hydrogen-bond acceptors (Lipinski definition) is 3. The zero-order chi connectivity index (χ0) is 25.2. The highest BCUT2D eigenvalue weighted by Crippen LogP contribution is 2.61. The molecule has 7 rings (SSSR count). The molecule has 6 nitrogen and oxygen atoms in total. The number of fused-ring (bicyclic) bond motifs is 1. The van der Waals surface area contributed by atoms with Crippen molar-refractivity contribution in [2.45, 2.75) is 78.4 Å². The Labute approximate surface area is 210 Å². The van der Waals surface area contributed by atoms with Gasteiger partial charge in [0.25, 0.3) is 5.56 Å². The third kappa shape index (κ3) is 3.87. The maximum Gasteiger partial charge on any atom is 0.276 e. The number of nitrogens with one attached hydrogen (secondary N) is 1. The minimum absolute atomic E-state index is 0.0763. The zero-order valence-electron chi connectivity index (χ0n) is 21.4. The third-order valence-corrected chi connectivity index (χ3v) is 9.53. The van der Waals surface area contributed by atoms with Gasteiger partial charge in [-0.05, 0) is 100 Å². The van der Waals surface area contributed by atoms with E-state index in [0.717, 1.165) is 40.1 Å². The monoisotopic (exact) mass is 490 g/mol. The second-order valence-corrected chi connectivity index (χ2v) is 11.8. The fraction of sp³-hybridized carbons (Fsp3) is 0.552. The van der Waals surface area contributed by atoms with Crippen molar-refractivity contribution in [3.05, 3.63) is 63.6 Å². The summed E-state index contributed by atoms with van der Waals surface area (Å²) in [5.74, 6) is 2.06. The molecule has 7 heteroatoms. The molecular weight excluding hydrogens is 455 g/mol. The Kier molecular flexibility index (Phi) is 5.58. The molecule has 1 N–H and O–H groups in total. The maximum atomic E-state index is 13.4. The molecule has 2 aromatic heterocycles. The molecule has 1 atom stereocenters. The summed E-state index contributed by atoms with van der Waals surface area (Å²) in [6.45, 7) is 6.50. The molecule has 0 unspecified atom stereocenters. The normalized spacial score (nSPS) is 27.5. The first-order valence-corrected chi connectivity index (χ1v) is 13.3. The molecule has 0 radical (unpaired) electrons. The van der Waals surface area contributed by atoms with Gasteiger partial charge >= 0.3 is 0 Å². The Morgan fingerprint density at radius 2 is 1.69 bits per heavy atom. The van der Waals surface area contributed by atoms with Gasteiger partial charge < -0.3 is 9.88 Å². The van der Waals surface area contributed by atoms with E-state index in [-0.39, 0.29) is 35.3 Å². The van der Waals surface area contributed by atoms with E-state index in [1.165, 1.54) is 55.3 Å². The number of carbonyl (C=O) groups excluding carboxylic acids is 1. The number of nitrogens with zero attached hydrogens (tertiary/aromatic N) is 3. The van der Waals surface area contributed by atoms with Crippen LogP contribution in [0.5, 0.6) is 0 Å². The highest BCUT2D eigenvalue weighted by atomic mass is 19.1. The first kappa shape index (κ1) is 23.4. The summed E-state index contributed by atoms with van der Waals surface area (Å²) in [4.78, 5) is 26.5. The minimum atomic E-state index is -0.271. The van der Waals surface area contributed by atoms with Crippen molar-refractivity contribution >= 4 is 16.7 Å². The largest absolute Gasteiger partial charge is 0.351 e. The van der Waals surface area contributed by atoms with Gasteiger partial charge in [0.1, 0.15) is 12.4 Å². The van der Waals surface area contributed by atoms with Crippen molar-refractivity contribution in [2.75, 3.05) is 0 Å². The van der Waals surface area contributed by atoms with E-state index in [2.05, 4.69) is 21.9 Å². The van der Waals surface area contributed by atoms with Crippen molar-refractivity contribution in [1.82, 2.24) is 19.7 Å². The summed E-state index contributed by atoms with van der Waals surface area (Å²) < 4.78 is 16.7. The molecule has 4 aliphatic carbocycles. The lowest BCUT2D eigenvalue weighted by Gasteiger charge is -2.59. The molecule has 0 spiro atoms. The van der Waals surface area contributed by atoms with Crippen LogP contribution in [-0.4, -0.2) is 26.3 Å². The van der Waals surface area contributed by atoms with Gasteiger partial charge in [0.05, 0.1) is 11.6 Å². The predicted octanol–water partition coefficient (Wildman–Crippen LogP) is 4.72. The van der Waals surface area contributed by atoms with E-state index in [4.69, 9.17) is 0 Å². The highest BCUT2D eigenvalue weighted by Gasteiger charge is 2.53. The number of carbonyl (C=O) groups is 1. The molecule has 4 bridgehead atoms. The summed E-state index contributed by atoms with van der Waals surface area (Å²) in [5.41, 5.74) is 2.69. The van der Waals surface area contributed by atoms with Crippen LogP contribution >= 0.6 is 0 Å². The SMILES string of the molecule is Cc1c2cnn(CC(=O)N[C@H](C)C34CC5CC(CC(C5)C3)C4)c(=O)c2c(C)n1Cc1ccc(F)cc1. The van der Waals surface area contributed by atoms with E-state index in [0.29, 0.717) is 11.9 Å². The van der Waals surface area contributed by atoms with E-state index < -0.39 is 0 Å². The van der Waals surface area contributed by atoms with Crippen LogP contribution in [-0.2, 0) is 17.9 Å². The quantitative estimate of drug-likeness (QED) is 0.544. The van der Waals surface area contributed by atoms with Gasteiger partial charge in [-0.3, -0.25) is 9.59 Å². The minimum Gasteiger partial charge on any atom is -0.351 e. The molecule has 4 saturated carbocycles. The molecule has 190 valence electrons. The third-order valence-electron chi connectivity index (χ3n) is 9.53. The highest BCUT2D eigenvalue weighted by molar-refractivity contribution is 5.87. The summed E-state index contributed by atoms with van der Waals surface area (Å²) >= 11 is 0. The molecule has 1 aromatic carbocycles. The average Bonchev–Trinajstić information content (AvgIpc) is 3.06. The van der Waals surface area contributed by atoms with Gasteiger partial charge in [-0.25, -0.2) is 9.07 Å². The van der Waals surface area contributed by atoms with Gasteiger partial charge in [-0.2, -0.15) is 5.10 Å². The molecule has 0 aliphatic heterocycles. The lowest BCUT2D eigenvalue weighted by Crippen LogP contribution is -2.56. The Hall–Kier alpha value is -2.96. The number of aryl methyl sites for hydroxylation is 2. The molecule has 4 aliphatic rings. The number of rotatable bonds is 6. The summed E-state index contributed by atoms with van der Waals surface area (Å²) in [7, 11) is 0. The van der Waals surface area contributed by atoms with E-state index >= 15 is 0 Å². The first-order valence-electron chi connectivity index (χ1n) is 13.3. The van der Waals surface area contributed by atoms with Crippen molar-refractivity contribution in [3.8, 4) is 0 Å². The van der Waals surface area contributed by atoms with Gasteiger partial charge in [0, 0.05) is 29.4 Å². The second-order valence-electron chi connectivity index (χ2n) is 11.8. The maximum absolute atomic E-state index is 13.4. The van der Waals surface area contributed by atoms with Crippen LogP contribution in [0.1, 0.15) is 62.4 Å². The van der Waals surface area contributed by atoms with E-state index in [1.54, 1.807) is 18.3 Å². The molecule has 3 aromatic rings. The van der Waals surface area contributed by atoms with Crippen molar-refractivity contribution < 1.29 is 9.18 Å². The number of hydrogen-bond donors (Lipinski definition) is 1. The predicted molar refractivity (Wildman–Crippen MR) is 137 cm³/mol. The number of benzene rings is 1. The Balaban J connectivity index is 1.21. The van der Waals surface area contributed by atoms with Crippen molar-refractivity contribution in [2.24, 2.45) is 23.2 Å². The molecule has 36 heavy (non-hydrogen) atoms. The molecule has 4 fully saturated rings. The van der Waals surface area contributed by atoms with Crippen LogP contribution < -0.4 is 10.9 Å². The molecule has 0 saturated heterocycles. The summed E-state index contributed by atoms with van der Waals surface area (Å²) in [5, 5.41) is 8.99. The zero-order valence-corrected chi connectivity index (χ0v) is 21.4. The number of amides is 1. The van der Waals surface area contributed by atoms with Gasteiger partial charge in [-0.15, -0.1) is 0 Å². The fourth-order valence-electron chi connectivity index (χ4n) is 8.05. The lowest BCUT2D eigenvalue weighted by atomic mass is 9.48. The molecule has 2 heterocycles. The summed E-state index contributed by atoms with van der Waals surface area (Å²) in [6, 6.07) is 6.51. The van der Waals surface area contributed by atoms with Crippen LogP contribution in [0, 0.1) is 42.8 Å². The van der Waals surface area contributed by atoms with Crippen LogP contribution in [0.3, 0.4) is 0 Å². The Bertz CT molecular complexity index is 1350.